The number of carbonyl (C=O) groups is 1. The predicted molar refractivity (Wildman–Crippen MR) is 136 cm³/mol. The minimum Gasteiger partial charge on any atom is -0.325 e. The molecule has 1 N–H and O–H groups in total. The zero-order chi connectivity index (χ0) is 22.0. The normalized spacial score (nSPS) is 10.9. The molecule has 1 aromatic heterocycles. The summed E-state index contributed by atoms with van der Waals surface area (Å²) in [6.07, 6.45) is 0. The molecular formula is C23H17ClIN3O2S. The Balaban J connectivity index is 1.71. The van der Waals surface area contributed by atoms with Gasteiger partial charge in [0.2, 0.25) is 5.91 Å². The first-order valence-corrected chi connectivity index (χ1v) is 11.8. The van der Waals surface area contributed by atoms with Gasteiger partial charge in [0, 0.05) is 14.3 Å². The van der Waals surface area contributed by atoms with Crippen molar-refractivity contribution in [2.45, 2.75) is 12.1 Å². The average molecular weight is 562 g/mol. The molecule has 0 aliphatic heterocycles. The lowest BCUT2D eigenvalue weighted by molar-refractivity contribution is -0.113. The molecule has 0 atom stereocenters. The highest BCUT2D eigenvalue weighted by atomic mass is 127. The second-order valence-electron chi connectivity index (χ2n) is 6.78. The van der Waals surface area contributed by atoms with E-state index in [0.29, 0.717) is 26.8 Å². The molecule has 0 saturated heterocycles. The highest BCUT2D eigenvalue weighted by molar-refractivity contribution is 14.1. The number of aromatic nitrogens is 2. The molecule has 156 valence electrons. The summed E-state index contributed by atoms with van der Waals surface area (Å²) in [4.78, 5) is 30.5. The standard InChI is InChI=1S/C23H17ClIN3O2S/c1-14-18(24)6-4-8-20(14)28-22(30)17-5-2-3-7-19(17)27-23(28)31-13-21(29)26-16-11-9-15(25)10-12-16/h2-12H,13H2,1H3,(H,26,29). The molecule has 1 amide bonds. The fourth-order valence-electron chi connectivity index (χ4n) is 3.12. The number of hydrogen-bond donors (Lipinski definition) is 1. The van der Waals surface area contributed by atoms with Crippen molar-refractivity contribution in [3.8, 4) is 5.69 Å². The van der Waals surface area contributed by atoms with Gasteiger partial charge >= 0.3 is 0 Å². The summed E-state index contributed by atoms with van der Waals surface area (Å²) in [6, 6.07) is 20.1. The van der Waals surface area contributed by atoms with E-state index in [4.69, 9.17) is 11.6 Å². The number of carbonyl (C=O) groups excluding carboxylic acids is 1. The van der Waals surface area contributed by atoms with Crippen molar-refractivity contribution in [2.24, 2.45) is 0 Å². The van der Waals surface area contributed by atoms with Crippen LogP contribution in [0.3, 0.4) is 0 Å². The first-order valence-electron chi connectivity index (χ1n) is 9.39. The molecule has 0 saturated carbocycles. The Bertz CT molecular complexity index is 1340. The molecule has 4 aromatic rings. The Kier molecular flexibility index (Phi) is 6.64. The number of para-hydroxylation sites is 1. The van der Waals surface area contributed by atoms with E-state index < -0.39 is 0 Å². The Labute approximate surface area is 202 Å². The van der Waals surface area contributed by atoms with Gasteiger partial charge in [-0.3, -0.25) is 14.2 Å². The monoisotopic (exact) mass is 561 g/mol. The summed E-state index contributed by atoms with van der Waals surface area (Å²) >= 11 is 9.73. The molecule has 0 aliphatic carbocycles. The Morgan fingerprint density at radius 1 is 1.10 bits per heavy atom. The summed E-state index contributed by atoms with van der Waals surface area (Å²) in [7, 11) is 0. The third-order valence-corrected chi connectivity index (χ3v) is 6.75. The van der Waals surface area contributed by atoms with Crippen molar-refractivity contribution in [1.82, 2.24) is 9.55 Å². The maximum absolute atomic E-state index is 13.3. The van der Waals surface area contributed by atoms with Crippen molar-refractivity contribution < 1.29 is 4.79 Å². The zero-order valence-electron chi connectivity index (χ0n) is 16.4. The fraction of sp³-hybridized carbons (Fsp3) is 0.0870. The second kappa shape index (κ2) is 9.42. The molecule has 0 fully saturated rings. The summed E-state index contributed by atoms with van der Waals surface area (Å²) in [5.74, 6) is -0.0703. The smallest absolute Gasteiger partial charge is 0.266 e. The largest absolute Gasteiger partial charge is 0.325 e. The van der Waals surface area contributed by atoms with Crippen LogP contribution in [0.5, 0.6) is 0 Å². The van der Waals surface area contributed by atoms with Gasteiger partial charge in [-0.15, -0.1) is 0 Å². The summed E-state index contributed by atoms with van der Waals surface area (Å²) in [5.41, 5.74) is 2.53. The first-order chi connectivity index (χ1) is 14.9. The Morgan fingerprint density at radius 2 is 1.84 bits per heavy atom. The van der Waals surface area contributed by atoms with Crippen LogP contribution < -0.4 is 10.9 Å². The first kappa shape index (κ1) is 21.9. The van der Waals surface area contributed by atoms with Gasteiger partial charge < -0.3 is 5.32 Å². The van der Waals surface area contributed by atoms with Gasteiger partial charge in [-0.25, -0.2) is 4.98 Å². The fourth-order valence-corrected chi connectivity index (χ4v) is 4.46. The average Bonchev–Trinajstić information content (AvgIpc) is 2.76. The zero-order valence-corrected chi connectivity index (χ0v) is 20.2. The molecule has 31 heavy (non-hydrogen) atoms. The second-order valence-corrected chi connectivity index (χ2v) is 9.38. The lowest BCUT2D eigenvalue weighted by Gasteiger charge is -2.15. The Morgan fingerprint density at radius 3 is 2.61 bits per heavy atom. The highest BCUT2D eigenvalue weighted by Crippen LogP contribution is 2.26. The number of nitrogens with one attached hydrogen (secondary N) is 1. The van der Waals surface area contributed by atoms with E-state index in [1.54, 1.807) is 24.3 Å². The van der Waals surface area contributed by atoms with Crippen molar-refractivity contribution in [3.63, 3.8) is 0 Å². The van der Waals surface area contributed by atoms with Crippen LogP contribution in [-0.2, 0) is 4.79 Å². The lowest BCUT2D eigenvalue weighted by Crippen LogP contribution is -2.23. The number of benzene rings is 3. The highest BCUT2D eigenvalue weighted by Gasteiger charge is 2.17. The number of nitrogens with zero attached hydrogens (tertiary/aromatic N) is 2. The summed E-state index contributed by atoms with van der Waals surface area (Å²) in [5, 5.41) is 4.38. The van der Waals surface area contributed by atoms with Gasteiger partial charge in [0.05, 0.1) is 22.3 Å². The van der Waals surface area contributed by atoms with Gasteiger partial charge in [0.1, 0.15) is 0 Å². The number of hydrogen-bond acceptors (Lipinski definition) is 4. The van der Waals surface area contributed by atoms with Crippen molar-refractivity contribution in [3.05, 3.63) is 91.2 Å². The van der Waals surface area contributed by atoms with E-state index in [2.05, 4.69) is 32.9 Å². The maximum atomic E-state index is 13.3. The number of rotatable bonds is 5. The molecule has 0 spiro atoms. The molecule has 0 bridgehead atoms. The maximum Gasteiger partial charge on any atom is 0.266 e. The van der Waals surface area contributed by atoms with Crippen LogP contribution in [0.4, 0.5) is 5.69 Å². The summed E-state index contributed by atoms with van der Waals surface area (Å²) < 4.78 is 2.62. The molecule has 5 nitrogen and oxygen atoms in total. The van der Waals surface area contributed by atoms with Gasteiger partial charge in [0.15, 0.2) is 5.16 Å². The summed E-state index contributed by atoms with van der Waals surface area (Å²) in [6.45, 7) is 1.86. The van der Waals surface area contributed by atoms with Gasteiger partial charge in [0.25, 0.3) is 5.56 Å². The molecule has 4 rings (SSSR count). The molecule has 3 aromatic carbocycles. The topological polar surface area (TPSA) is 64.0 Å². The van der Waals surface area contributed by atoms with E-state index in [9.17, 15) is 9.59 Å². The number of fused-ring (bicyclic) bond motifs is 1. The van der Waals surface area contributed by atoms with E-state index >= 15 is 0 Å². The van der Waals surface area contributed by atoms with Crippen LogP contribution in [0.25, 0.3) is 16.6 Å². The van der Waals surface area contributed by atoms with Crippen molar-refractivity contribution in [2.75, 3.05) is 11.1 Å². The molecular weight excluding hydrogens is 545 g/mol. The third-order valence-electron chi connectivity index (χ3n) is 4.69. The Hall–Kier alpha value is -2.36. The van der Waals surface area contributed by atoms with Gasteiger partial charge in [-0.05, 0) is 83.6 Å². The van der Waals surface area contributed by atoms with Crippen LogP contribution in [-0.4, -0.2) is 21.2 Å². The molecule has 0 unspecified atom stereocenters. The van der Waals surface area contributed by atoms with E-state index in [1.165, 1.54) is 16.3 Å². The number of amides is 1. The number of thioether (sulfide) groups is 1. The van der Waals surface area contributed by atoms with E-state index in [-0.39, 0.29) is 17.2 Å². The molecule has 0 radical (unpaired) electrons. The van der Waals surface area contributed by atoms with Crippen LogP contribution >= 0.6 is 46.0 Å². The van der Waals surface area contributed by atoms with Crippen LogP contribution in [0.2, 0.25) is 5.02 Å². The third kappa shape index (κ3) is 4.78. The van der Waals surface area contributed by atoms with Gasteiger partial charge in [-0.2, -0.15) is 0 Å². The SMILES string of the molecule is Cc1c(Cl)cccc1-n1c(SCC(=O)Nc2ccc(I)cc2)nc2ccccc2c1=O. The number of halogens is 2. The van der Waals surface area contributed by atoms with Crippen LogP contribution in [0, 0.1) is 10.5 Å². The van der Waals surface area contributed by atoms with Crippen LogP contribution in [0.1, 0.15) is 5.56 Å². The molecule has 1 heterocycles. The van der Waals surface area contributed by atoms with E-state index in [0.717, 1.165) is 14.8 Å². The molecule has 8 heteroatoms. The van der Waals surface area contributed by atoms with Crippen molar-refractivity contribution in [1.29, 1.82) is 0 Å². The van der Waals surface area contributed by atoms with Crippen LogP contribution in [0.15, 0.2) is 76.7 Å². The minimum atomic E-state index is -0.198. The molecule has 0 aliphatic rings. The minimum absolute atomic E-state index is 0.108. The number of anilines is 1. The predicted octanol–water partition coefficient (Wildman–Crippen LogP) is 5.68. The van der Waals surface area contributed by atoms with Crippen molar-refractivity contribution >= 4 is 68.5 Å². The quantitative estimate of drug-likeness (QED) is 0.193. The van der Waals surface area contributed by atoms with E-state index in [1.807, 2.05) is 49.4 Å². The lowest BCUT2D eigenvalue weighted by atomic mass is 10.2. The van der Waals surface area contributed by atoms with Gasteiger partial charge in [-0.1, -0.05) is 41.6 Å².